The van der Waals surface area contributed by atoms with Gasteiger partial charge in [-0.25, -0.2) is 0 Å². The molecule has 10 heteroatoms. The van der Waals surface area contributed by atoms with Crippen LogP contribution in [-0.2, 0) is 11.3 Å². The number of fused-ring (bicyclic) bond motifs is 2. The second kappa shape index (κ2) is 11.1. The molecular formula is C30H25N5O4S. The van der Waals surface area contributed by atoms with Crippen molar-refractivity contribution in [3.05, 3.63) is 96.2 Å². The number of para-hydroxylation sites is 4. The summed E-state index contributed by atoms with van der Waals surface area (Å²) in [4.78, 5) is 17.2. The number of nitrogens with zero attached hydrogens (tertiary/aromatic N) is 4. The number of amidine groups is 2. The molecule has 0 atom stereocenters. The number of thioether (sulfide) groups is 1. The Morgan fingerprint density at radius 3 is 2.52 bits per heavy atom. The number of hydrazone groups is 1. The van der Waals surface area contributed by atoms with Gasteiger partial charge >= 0.3 is 0 Å². The van der Waals surface area contributed by atoms with Crippen LogP contribution in [0.3, 0.4) is 0 Å². The molecule has 3 heterocycles. The molecule has 0 unspecified atom stereocenters. The van der Waals surface area contributed by atoms with E-state index in [1.54, 1.807) is 13.2 Å². The van der Waals surface area contributed by atoms with Gasteiger partial charge in [0, 0.05) is 22.7 Å². The van der Waals surface area contributed by atoms with Crippen molar-refractivity contribution in [3.8, 4) is 17.2 Å². The predicted octanol–water partition coefficient (Wildman–Crippen LogP) is 5.43. The molecule has 1 amide bonds. The van der Waals surface area contributed by atoms with Gasteiger partial charge in [-0.3, -0.25) is 10.2 Å². The minimum Gasteiger partial charge on any atom is -0.493 e. The van der Waals surface area contributed by atoms with Crippen LogP contribution in [0.1, 0.15) is 5.56 Å². The predicted molar refractivity (Wildman–Crippen MR) is 157 cm³/mol. The van der Waals surface area contributed by atoms with Crippen LogP contribution in [0.2, 0.25) is 0 Å². The third-order valence-electron chi connectivity index (χ3n) is 6.38. The molecule has 1 aromatic heterocycles. The standard InChI is InChI=1S/C30H25N5O4S/c1-37-25-13-7-8-14-26(25)38-16-15-34-18-20(22-11-5-6-12-24(22)34)17-23-28(31)35-30(32-29(23)36)40-27(33-35)19-39-21-9-3-2-4-10-21/h2-14,17-18,31H,15-16,19H2,1H3/b23-17+,31-28?. The van der Waals surface area contributed by atoms with Crippen molar-refractivity contribution in [1.29, 1.82) is 5.41 Å². The fourth-order valence-corrected chi connectivity index (χ4v) is 5.27. The first kappa shape index (κ1) is 25.4. The molecule has 4 aromatic rings. The highest BCUT2D eigenvalue weighted by molar-refractivity contribution is 8.27. The van der Waals surface area contributed by atoms with E-state index in [1.165, 1.54) is 16.8 Å². The third kappa shape index (κ3) is 5.08. The van der Waals surface area contributed by atoms with Gasteiger partial charge in [-0.2, -0.15) is 15.1 Å². The Labute approximate surface area is 234 Å². The molecule has 3 aromatic carbocycles. The van der Waals surface area contributed by atoms with Gasteiger partial charge in [0.25, 0.3) is 5.91 Å². The molecule has 200 valence electrons. The lowest BCUT2D eigenvalue weighted by molar-refractivity contribution is -0.114. The number of methoxy groups -OCH3 is 1. The van der Waals surface area contributed by atoms with Gasteiger partial charge < -0.3 is 18.8 Å². The van der Waals surface area contributed by atoms with Crippen LogP contribution < -0.4 is 14.2 Å². The highest BCUT2D eigenvalue weighted by atomic mass is 32.2. The molecule has 1 N–H and O–H groups in total. The van der Waals surface area contributed by atoms with E-state index in [1.807, 2.05) is 85.1 Å². The SMILES string of the molecule is COc1ccccc1OCCn1cc(/C=C2\C(=N)N3N=C(COc4ccccc4)SC3=NC2=O)c2ccccc21. The number of hydrogen-bond acceptors (Lipinski definition) is 7. The van der Waals surface area contributed by atoms with Gasteiger partial charge in [-0.05, 0) is 48.2 Å². The number of ether oxygens (including phenoxy) is 3. The Morgan fingerprint density at radius 2 is 1.70 bits per heavy atom. The molecular weight excluding hydrogens is 526 g/mol. The van der Waals surface area contributed by atoms with E-state index in [0.29, 0.717) is 40.6 Å². The number of carbonyl (C=O) groups excluding carboxylic acids is 1. The van der Waals surface area contributed by atoms with Crippen molar-refractivity contribution in [2.24, 2.45) is 10.1 Å². The first-order chi connectivity index (χ1) is 19.6. The summed E-state index contributed by atoms with van der Waals surface area (Å²) in [7, 11) is 1.62. The van der Waals surface area contributed by atoms with Crippen LogP contribution in [0.25, 0.3) is 17.0 Å². The zero-order valence-corrected chi connectivity index (χ0v) is 22.4. The molecule has 40 heavy (non-hydrogen) atoms. The highest BCUT2D eigenvalue weighted by Gasteiger charge is 2.36. The van der Waals surface area contributed by atoms with Gasteiger partial charge in [-0.1, -0.05) is 48.5 Å². The summed E-state index contributed by atoms with van der Waals surface area (Å²) in [6.45, 7) is 1.22. The van der Waals surface area contributed by atoms with Crippen molar-refractivity contribution in [3.63, 3.8) is 0 Å². The van der Waals surface area contributed by atoms with E-state index in [0.717, 1.165) is 16.5 Å². The fraction of sp³-hybridized carbons (Fsp3) is 0.133. The van der Waals surface area contributed by atoms with Crippen molar-refractivity contribution < 1.29 is 19.0 Å². The van der Waals surface area contributed by atoms with Gasteiger partial charge in [0.2, 0.25) is 5.17 Å². The number of nitrogens with one attached hydrogen (secondary N) is 1. The summed E-state index contributed by atoms with van der Waals surface area (Å²) >= 11 is 1.23. The van der Waals surface area contributed by atoms with E-state index < -0.39 is 5.91 Å². The topological polar surface area (TPSA) is 102 Å². The molecule has 9 nitrogen and oxygen atoms in total. The summed E-state index contributed by atoms with van der Waals surface area (Å²) in [5.41, 5.74) is 1.97. The van der Waals surface area contributed by atoms with E-state index in [4.69, 9.17) is 19.6 Å². The monoisotopic (exact) mass is 551 g/mol. The molecule has 0 radical (unpaired) electrons. The molecule has 6 rings (SSSR count). The van der Waals surface area contributed by atoms with Gasteiger partial charge in [0.15, 0.2) is 17.3 Å². The van der Waals surface area contributed by atoms with Crippen molar-refractivity contribution in [2.45, 2.75) is 6.54 Å². The fourth-order valence-electron chi connectivity index (χ4n) is 4.47. The van der Waals surface area contributed by atoms with Gasteiger partial charge in [0.1, 0.15) is 24.0 Å². The number of rotatable bonds is 9. The second-order valence-corrected chi connectivity index (χ2v) is 9.95. The molecule has 0 spiro atoms. The van der Waals surface area contributed by atoms with Crippen molar-refractivity contribution in [2.75, 3.05) is 20.3 Å². The summed E-state index contributed by atoms with van der Waals surface area (Å²) in [5, 5.41) is 16.6. The number of amides is 1. The van der Waals surface area contributed by atoms with Crippen LogP contribution >= 0.6 is 11.8 Å². The Kier molecular flexibility index (Phi) is 7.07. The van der Waals surface area contributed by atoms with Gasteiger partial charge in [0.05, 0.1) is 19.2 Å². The number of benzene rings is 3. The maximum absolute atomic E-state index is 13.0. The van der Waals surface area contributed by atoms with E-state index >= 15 is 0 Å². The smallest absolute Gasteiger partial charge is 0.283 e. The summed E-state index contributed by atoms with van der Waals surface area (Å²) in [5.74, 6) is 1.58. The van der Waals surface area contributed by atoms with E-state index in [-0.39, 0.29) is 18.0 Å². The Bertz CT molecular complexity index is 1690. The van der Waals surface area contributed by atoms with E-state index in [9.17, 15) is 4.79 Å². The molecule has 2 aliphatic heterocycles. The number of aliphatic imine (C=N–C) groups is 1. The number of hydrogen-bond donors (Lipinski definition) is 1. The molecule has 2 aliphatic rings. The second-order valence-electron chi connectivity index (χ2n) is 8.91. The van der Waals surface area contributed by atoms with E-state index in [2.05, 4.69) is 14.7 Å². The van der Waals surface area contributed by atoms with Crippen LogP contribution in [0.4, 0.5) is 0 Å². The summed E-state index contributed by atoms with van der Waals surface area (Å²) in [6, 6.07) is 24.9. The molecule has 0 saturated carbocycles. The number of carbonyl (C=O) groups is 1. The minimum atomic E-state index is -0.472. The number of aromatic nitrogens is 1. The highest BCUT2D eigenvalue weighted by Crippen LogP contribution is 2.31. The van der Waals surface area contributed by atoms with Gasteiger partial charge in [-0.15, -0.1) is 0 Å². The first-order valence-electron chi connectivity index (χ1n) is 12.6. The Balaban J connectivity index is 1.22. The lowest BCUT2D eigenvalue weighted by atomic mass is 10.1. The largest absolute Gasteiger partial charge is 0.493 e. The zero-order chi connectivity index (χ0) is 27.5. The van der Waals surface area contributed by atoms with Crippen LogP contribution in [-0.4, -0.2) is 51.9 Å². The minimum absolute atomic E-state index is 0.0199. The van der Waals surface area contributed by atoms with Crippen LogP contribution in [0, 0.1) is 5.41 Å². The lowest BCUT2D eigenvalue weighted by Crippen LogP contribution is -2.35. The van der Waals surface area contributed by atoms with Crippen molar-refractivity contribution >= 4 is 50.7 Å². The first-order valence-corrected chi connectivity index (χ1v) is 13.4. The maximum Gasteiger partial charge on any atom is 0.283 e. The van der Waals surface area contributed by atoms with Crippen molar-refractivity contribution in [1.82, 2.24) is 9.58 Å². The third-order valence-corrected chi connectivity index (χ3v) is 7.26. The molecule has 0 aliphatic carbocycles. The average molecular weight is 552 g/mol. The molecule has 0 saturated heterocycles. The van der Waals surface area contributed by atoms with Crippen LogP contribution in [0.5, 0.6) is 17.2 Å². The zero-order valence-electron chi connectivity index (χ0n) is 21.6. The lowest BCUT2D eigenvalue weighted by Gasteiger charge is -2.20. The quantitative estimate of drug-likeness (QED) is 0.279. The van der Waals surface area contributed by atoms with Crippen LogP contribution in [0.15, 0.2) is 101 Å². The Hall–Kier alpha value is -4.83. The summed E-state index contributed by atoms with van der Waals surface area (Å²) < 4.78 is 19.2. The maximum atomic E-state index is 13.0. The molecule has 0 bridgehead atoms. The normalized spacial score (nSPS) is 15.7. The average Bonchev–Trinajstić information content (AvgIpc) is 3.56. The summed E-state index contributed by atoms with van der Waals surface area (Å²) in [6.07, 6.45) is 3.67. The Morgan fingerprint density at radius 1 is 0.950 bits per heavy atom. The molecule has 0 fully saturated rings.